The highest BCUT2D eigenvalue weighted by molar-refractivity contribution is 5.76. The van der Waals surface area contributed by atoms with E-state index in [1.165, 1.54) is 0 Å². The Morgan fingerprint density at radius 1 is 1.29 bits per heavy atom. The van der Waals surface area contributed by atoms with Crippen molar-refractivity contribution in [3.63, 3.8) is 0 Å². The number of amides is 1. The van der Waals surface area contributed by atoms with Crippen molar-refractivity contribution >= 4 is 5.91 Å². The quantitative estimate of drug-likeness (QED) is 0.793. The van der Waals surface area contributed by atoms with Crippen molar-refractivity contribution < 1.29 is 13.9 Å². The molecule has 0 saturated carbocycles. The first kappa shape index (κ1) is 17.1. The van der Waals surface area contributed by atoms with Crippen molar-refractivity contribution in [3.05, 3.63) is 23.9 Å². The lowest BCUT2D eigenvalue weighted by Gasteiger charge is -2.40. The Bertz CT molecular complexity index is 586. The minimum Gasteiger partial charge on any atom is -0.425 e. The smallest absolute Gasteiger partial charge is 0.223 e. The van der Waals surface area contributed by atoms with E-state index in [1.807, 2.05) is 18.7 Å². The second kappa shape index (κ2) is 7.47. The van der Waals surface area contributed by atoms with Gasteiger partial charge in [0, 0.05) is 37.3 Å². The number of allylic oxidation sites excluding steroid dienone is 1. The van der Waals surface area contributed by atoms with Gasteiger partial charge in [0.25, 0.3) is 0 Å². The largest absolute Gasteiger partial charge is 0.425 e. The molecule has 3 heterocycles. The number of ether oxygens (including phenoxy) is 1. The van der Waals surface area contributed by atoms with Gasteiger partial charge in [-0.3, -0.25) is 4.79 Å². The Hall–Kier alpha value is -1.69. The van der Waals surface area contributed by atoms with Gasteiger partial charge in [-0.15, -0.1) is 10.2 Å². The molecule has 0 aromatic carbocycles. The van der Waals surface area contributed by atoms with Gasteiger partial charge in [-0.1, -0.05) is 26.0 Å². The van der Waals surface area contributed by atoms with Gasteiger partial charge >= 0.3 is 0 Å². The van der Waals surface area contributed by atoms with Crippen LogP contribution in [0.4, 0.5) is 0 Å². The van der Waals surface area contributed by atoms with E-state index in [0.29, 0.717) is 31.2 Å². The Morgan fingerprint density at radius 2 is 2.08 bits per heavy atom. The standard InChI is InChI=1S/C18H27N3O3/c1-14(2)17-20-19-15(24-17)5-6-16(22)21-10-8-18(9-11-21)7-3-4-12-23-13-18/h3-4,14H,5-13H2,1-2H3. The molecule has 2 aliphatic rings. The summed E-state index contributed by atoms with van der Waals surface area (Å²) in [4.78, 5) is 14.4. The van der Waals surface area contributed by atoms with Crippen LogP contribution in [0.2, 0.25) is 0 Å². The molecule has 1 spiro atoms. The Morgan fingerprint density at radius 3 is 2.79 bits per heavy atom. The third kappa shape index (κ3) is 4.04. The number of likely N-dealkylation sites (tertiary alicyclic amines) is 1. The number of nitrogens with zero attached hydrogens (tertiary/aromatic N) is 3. The van der Waals surface area contributed by atoms with Gasteiger partial charge in [0.2, 0.25) is 17.7 Å². The van der Waals surface area contributed by atoms with Crippen LogP contribution in [0.5, 0.6) is 0 Å². The third-order valence-electron chi connectivity index (χ3n) is 5.05. The van der Waals surface area contributed by atoms with Crippen LogP contribution in [0.25, 0.3) is 0 Å². The predicted molar refractivity (Wildman–Crippen MR) is 89.5 cm³/mol. The molecule has 0 bridgehead atoms. The van der Waals surface area contributed by atoms with Crippen LogP contribution in [0.15, 0.2) is 16.6 Å². The van der Waals surface area contributed by atoms with Crippen LogP contribution in [0.1, 0.15) is 57.2 Å². The zero-order valence-corrected chi connectivity index (χ0v) is 14.7. The molecular formula is C18H27N3O3. The van der Waals surface area contributed by atoms with E-state index in [9.17, 15) is 4.79 Å². The van der Waals surface area contributed by atoms with E-state index in [4.69, 9.17) is 9.15 Å². The number of piperidine rings is 1. The molecule has 24 heavy (non-hydrogen) atoms. The molecular weight excluding hydrogens is 306 g/mol. The average Bonchev–Trinajstić information content (AvgIpc) is 2.95. The highest BCUT2D eigenvalue weighted by atomic mass is 16.5. The SMILES string of the molecule is CC(C)c1nnc(CCC(=O)N2CCC3(CC=CCOC3)CC2)o1. The molecule has 6 heteroatoms. The number of rotatable bonds is 4. The van der Waals surface area contributed by atoms with Crippen molar-refractivity contribution in [2.24, 2.45) is 5.41 Å². The fraction of sp³-hybridized carbons (Fsp3) is 0.722. The van der Waals surface area contributed by atoms with E-state index < -0.39 is 0 Å². The van der Waals surface area contributed by atoms with Gasteiger partial charge in [0.05, 0.1) is 13.2 Å². The van der Waals surface area contributed by atoms with Gasteiger partial charge in [-0.05, 0) is 19.3 Å². The Balaban J connectivity index is 1.47. The molecule has 0 radical (unpaired) electrons. The second-order valence-corrected chi connectivity index (χ2v) is 7.26. The summed E-state index contributed by atoms with van der Waals surface area (Å²) in [6.07, 6.45) is 8.38. The summed E-state index contributed by atoms with van der Waals surface area (Å²) >= 11 is 0. The minimum absolute atomic E-state index is 0.180. The lowest BCUT2D eigenvalue weighted by molar-refractivity contribution is -0.134. The van der Waals surface area contributed by atoms with Gasteiger partial charge in [0.15, 0.2) is 0 Å². The van der Waals surface area contributed by atoms with E-state index in [0.717, 1.165) is 39.0 Å². The normalized spacial score (nSPS) is 20.5. The van der Waals surface area contributed by atoms with Crippen molar-refractivity contribution in [2.75, 3.05) is 26.3 Å². The summed E-state index contributed by atoms with van der Waals surface area (Å²) < 4.78 is 11.3. The van der Waals surface area contributed by atoms with Gasteiger partial charge in [-0.25, -0.2) is 0 Å². The molecule has 1 aromatic heterocycles. The summed E-state index contributed by atoms with van der Waals surface area (Å²) in [7, 11) is 0. The van der Waals surface area contributed by atoms with Crippen molar-refractivity contribution in [2.45, 2.75) is 51.9 Å². The fourth-order valence-corrected chi connectivity index (χ4v) is 3.36. The van der Waals surface area contributed by atoms with Crippen LogP contribution in [0.3, 0.4) is 0 Å². The van der Waals surface area contributed by atoms with Crippen LogP contribution in [0, 0.1) is 5.41 Å². The zero-order valence-electron chi connectivity index (χ0n) is 14.7. The third-order valence-corrected chi connectivity index (χ3v) is 5.05. The fourth-order valence-electron chi connectivity index (χ4n) is 3.36. The maximum atomic E-state index is 12.4. The molecule has 0 aliphatic carbocycles. The molecule has 0 unspecified atom stereocenters. The highest BCUT2D eigenvalue weighted by Crippen LogP contribution is 2.37. The van der Waals surface area contributed by atoms with Crippen molar-refractivity contribution in [1.29, 1.82) is 0 Å². The molecule has 1 aromatic rings. The minimum atomic E-state index is 0.180. The first-order valence-corrected chi connectivity index (χ1v) is 8.91. The molecule has 0 N–H and O–H groups in total. The predicted octanol–water partition coefficient (Wildman–Crippen LogP) is 2.71. The summed E-state index contributed by atoms with van der Waals surface area (Å²) in [6.45, 7) is 7.18. The summed E-state index contributed by atoms with van der Waals surface area (Å²) in [5, 5.41) is 8.03. The number of hydrogen-bond donors (Lipinski definition) is 0. The zero-order chi connectivity index (χ0) is 17.0. The van der Waals surface area contributed by atoms with Crippen LogP contribution >= 0.6 is 0 Å². The first-order chi connectivity index (χ1) is 11.6. The summed E-state index contributed by atoms with van der Waals surface area (Å²) in [6, 6.07) is 0. The van der Waals surface area contributed by atoms with Crippen LogP contribution in [-0.2, 0) is 16.0 Å². The number of hydrogen-bond acceptors (Lipinski definition) is 5. The molecule has 132 valence electrons. The van der Waals surface area contributed by atoms with Gasteiger partial charge < -0.3 is 14.1 Å². The lowest BCUT2D eigenvalue weighted by Crippen LogP contribution is -2.44. The molecule has 1 fully saturated rings. The maximum Gasteiger partial charge on any atom is 0.223 e. The van der Waals surface area contributed by atoms with Gasteiger partial charge in [0.1, 0.15) is 0 Å². The topological polar surface area (TPSA) is 68.5 Å². The van der Waals surface area contributed by atoms with Crippen molar-refractivity contribution in [1.82, 2.24) is 15.1 Å². The number of aromatic nitrogens is 2. The van der Waals surface area contributed by atoms with E-state index in [1.54, 1.807) is 0 Å². The number of carbonyl (C=O) groups excluding carboxylic acids is 1. The first-order valence-electron chi connectivity index (χ1n) is 8.91. The van der Waals surface area contributed by atoms with Gasteiger partial charge in [-0.2, -0.15) is 0 Å². The number of aryl methyl sites for hydroxylation is 1. The monoisotopic (exact) mass is 333 g/mol. The average molecular weight is 333 g/mol. The van der Waals surface area contributed by atoms with E-state index in [2.05, 4.69) is 22.3 Å². The summed E-state index contributed by atoms with van der Waals surface area (Å²) in [5.41, 5.74) is 0.225. The highest BCUT2D eigenvalue weighted by Gasteiger charge is 2.35. The molecule has 6 nitrogen and oxygen atoms in total. The maximum absolute atomic E-state index is 12.4. The summed E-state index contributed by atoms with van der Waals surface area (Å²) in [5.74, 6) is 1.59. The van der Waals surface area contributed by atoms with E-state index in [-0.39, 0.29) is 17.2 Å². The second-order valence-electron chi connectivity index (χ2n) is 7.26. The van der Waals surface area contributed by atoms with Crippen molar-refractivity contribution in [3.8, 4) is 0 Å². The van der Waals surface area contributed by atoms with Crippen LogP contribution < -0.4 is 0 Å². The molecule has 1 saturated heterocycles. The molecule has 1 amide bonds. The molecule has 0 atom stereocenters. The van der Waals surface area contributed by atoms with Crippen LogP contribution in [-0.4, -0.2) is 47.3 Å². The lowest BCUT2D eigenvalue weighted by atomic mass is 9.76. The molecule has 3 rings (SSSR count). The number of carbonyl (C=O) groups is 1. The Labute approximate surface area is 143 Å². The molecule has 2 aliphatic heterocycles. The van der Waals surface area contributed by atoms with E-state index >= 15 is 0 Å². The Kier molecular flexibility index (Phi) is 5.33.